The first kappa shape index (κ1) is 14.9. The van der Waals surface area contributed by atoms with E-state index in [2.05, 4.69) is 5.32 Å². The number of nitro benzene ring substituents is 1. The van der Waals surface area contributed by atoms with Gasteiger partial charge in [-0.25, -0.2) is 4.79 Å². The van der Waals surface area contributed by atoms with Crippen molar-refractivity contribution in [2.75, 3.05) is 19.7 Å². The third kappa shape index (κ3) is 4.55. The number of nitro groups is 1. The summed E-state index contributed by atoms with van der Waals surface area (Å²) in [5.41, 5.74) is 0.796. The van der Waals surface area contributed by atoms with Gasteiger partial charge in [0, 0.05) is 31.8 Å². The highest BCUT2D eigenvalue weighted by molar-refractivity contribution is 5.74. The van der Waals surface area contributed by atoms with Crippen molar-refractivity contribution < 1.29 is 14.8 Å². The number of hydrogen-bond acceptors (Lipinski definition) is 4. The van der Waals surface area contributed by atoms with Crippen molar-refractivity contribution in [3.8, 4) is 0 Å². The molecule has 2 N–H and O–H groups in total. The fourth-order valence-electron chi connectivity index (χ4n) is 1.55. The third-order valence-corrected chi connectivity index (χ3v) is 2.63. The molecule has 0 atom stereocenters. The molecule has 0 aliphatic rings. The summed E-state index contributed by atoms with van der Waals surface area (Å²) in [5, 5.41) is 22.0. The Kier molecular flexibility index (Phi) is 5.74. The van der Waals surface area contributed by atoms with Crippen LogP contribution in [0, 0.1) is 10.1 Å². The average molecular weight is 267 g/mol. The van der Waals surface area contributed by atoms with Crippen LogP contribution < -0.4 is 5.32 Å². The molecule has 0 aromatic heterocycles. The van der Waals surface area contributed by atoms with Crippen molar-refractivity contribution in [3.05, 3.63) is 39.9 Å². The van der Waals surface area contributed by atoms with Crippen LogP contribution in [-0.2, 0) is 6.54 Å². The van der Waals surface area contributed by atoms with Crippen molar-refractivity contribution in [2.24, 2.45) is 0 Å². The van der Waals surface area contributed by atoms with E-state index in [0.717, 1.165) is 5.56 Å². The number of benzene rings is 1. The predicted molar refractivity (Wildman–Crippen MR) is 69.7 cm³/mol. The lowest BCUT2D eigenvalue weighted by Crippen LogP contribution is -2.40. The van der Waals surface area contributed by atoms with Crippen LogP contribution in [0.2, 0.25) is 0 Å². The Hall–Kier alpha value is -2.15. The summed E-state index contributed by atoms with van der Waals surface area (Å²) in [6, 6.07) is 5.72. The molecule has 1 aromatic rings. The lowest BCUT2D eigenvalue weighted by Gasteiger charge is -2.20. The van der Waals surface area contributed by atoms with E-state index in [4.69, 9.17) is 5.11 Å². The Bertz CT molecular complexity index is 433. The molecule has 0 saturated heterocycles. The summed E-state index contributed by atoms with van der Waals surface area (Å²) >= 11 is 0. The Morgan fingerprint density at radius 3 is 2.53 bits per heavy atom. The Balaban J connectivity index is 2.52. The van der Waals surface area contributed by atoms with E-state index >= 15 is 0 Å². The van der Waals surface area contributed by atoms with Crippen molar-refractivity contribution in [2.45, 2.75) is 13.5 Å². The molecule has 0 radical (unpaired) electrons. The Labute approximate surface area is 111 Å². The summed E-state index contributed by atoms with van der Waals surface area (Å²) in [5.74, 6) is 0. The molecule has 0 fully saturated rings. The van der Waals surface area contributed by atoms with Crippen LogP contribution in [-0.4, -0.2) is 40.7 Å². The van der Waals surface area contributed by atoms with Crippen molar-refractivity contribution in [1.29, 1.82) is 0 Å². The first-order chi connectivity index (χ1) is 9.08. The highest BCUT2D eigenvalue weighted by atomic mass is 16.6. The minimum absolute atomic E-state index is 0.0190. The minimum Gasteiger partial charge on any atom is -0.395 e. The van der Waals surface area contributed by atoms with Crippen molar-refractivity contribution >= 4 is 11.7 Å². The van der Waals surface area contributed by atoms with Gasteiger partial charge < -0.3 is 15.3 Å². The molecular weight excluding hydrogens is 250 g/mol. The van der Waals surface area contributed by atoms with Crippen LogP contribution >= 0.6 is 0 Å². The molecule has 0 bridgehead atoms. The zero-order chi connectivity index (χ0) is 14.3. The molecule has 0 heterocycles. The number of urea groups is 1. The summed E-state index contributed by atoms with van der Waals surface area (Å²) < 4.78 is 0. The number of hydrogen-bond donors (Lipinski definition) is 2. The number of carbonyl (C=O) groups is 1. The zero-order valence-electron chi connectivity index (χ0n) is 10.7. The average Bonchev–Trinajstić information content (AvgIpc) is 2.42. The molecule has 7 heteroatoms. The Morgan fingerprint density at radius 2 is 2.05 bits per heavy atom. The van der Waals surface area contributed by atoms with E-state index in [1.807, 2.05) is 6.92 Å². The highest BCUT2D eigenvalue weighted by Gasteiger charge is 2.10. The van der Waals surface area contributed by atoms with Gasteiger partial charge in [0.05, 0.1) is 11.5 Å². The number of aliphatic hydroxyl groups excluding tert-OH is 1. The van der Waals surface area contributed by atoms with E-state index in [9.17, 15) is 14.9 Å². The summed E-state index contributed by atoms with van der Waals surface area (Å²) in [7, 11) is 0. The van der Waals surface area contributed by atoms with Crippen LogP contribution in [0.25, 0.3) is 0 Å². The van der Waals surface area contributed by atoms with E-state index in [1.54, 1.807) is 12.1 Å². The quantitative estimate of drug-likeness (QED) is 0.596. The molecule has 1 rings (SSSR count). The number of non-ortho nitro benzene ring substituents is 1. The van der Waals surface area contributed by atoms with Crippen LogP contribution in [0.3, 0.4) is 0 Å². The molecule has 0 spiro atoms. The minimum atomic E-state index is -0.470. The number of aliphatic hydroxyl groups is 1. The molecular formula is C12H17N3O4. The van der Waals surface area contributed by atoms with Crippen LogP contribution in [0.1, 0.15) is 12.5 Å². The van der Waals surface area contributed by atoms with Gasteiger partial charge in [-0.1, -0.05) is 12.1 Å². The molecule has 2 amide bonds. The molecule has 19 heavy (non-hydrogen) atoms. The van der Waals surface area contributed by atoms with Crippen LogP contribution in [0.15, 0.2) is 24.3 Å². The highest BCUT2D eigenvalue weighted by Crippen LogP contribution is 2.11. The van der Waals surface area contributed by atoms with E-state index in [-0.39, 0.29) is 24.9 Å². The summed E-state index contributed by atoms with van der Waals surface area (Å²) in [6.45, 7) is 2.81. The van der Waals surface area contributed by atoms with Crippen LogP contribution in [0.5, 0.6) is 0 Å². The number of carbonyl (C=O) groups excluding carboxylic acids is 1. The molecule has 7 nitrogen and oxygen atoms in total. The third-order valence-electron chi connectivity index (χ3n) is 2.63. The smallest absolute Gasteiger partial charge is 0.317 e. The van der Waals surface area contributed by atoms with Gasteiger partial charge in [0.25, 0.3) is 5.69 Å². The molecule has 0 aliphatic carbocycles. The molecule has 1 aromatic carbocycles. The van der Waals surface area contributed by atoms with Gasteiger partial charge in [0.1, 0.15) is 0 Å². The van der Waals surface area contributed by atoms with Gasteiger partial charge in [0.15, 0.2) is 0 Å². The SMILES string of the molecule is CCN(CCO)C(=O)NCc1ccc([N+](=O)[O-])cc1. The summed E-state index contributed by atoms with van der Waals surface area (Å²) in [6.07, 6.45) is 0. The molecule has 0 aliphatic heterocycles. The zero-order valence-corrected chi connectivity index (χ0v) is 10.7. The largest absolute Gasteiger partial charge is 0.395 e. The fourth-order valence-corrected chi connectivity index (χ4v) is 1.55. The first-order valence-corrected chi connectivity index (χ1v) is 5.95. The topological polar surface area (TPSA) is 95.7 Å². The maximum absolute atomic E-state index is 11.7. The predicted octanol–water partition coefficient (Wildman–Crippen LogP) is 1.12. The van der Waals surface area contributed by atoms with E-state index in [1.165, 1.54) is 17.0 Å². The van der Waals surface area contributed by atoms with Gasteiger partial charge in [0.2, 0.25) is 0 Å². The second kappa shape index (κ2) is 7.32. The number of nitrogens with one attached hydrogen (secondary N) is 1. The van der Waals surface area contributed by atoms with Gasteiger partial charge in [-0.2, -0.15) is 0 Å². The first-order valence-electron chi connectivity index (χ1n) is 5.95. The monoisotopic (exact) mass is 267 g/mol. The van der Waals surface area contributed by atoms with Gasteiger partial charge in [-0.15, -0.1) is 0 Å². The second-order valence-corrected chi connectivity index (χ2v) is 3.89. The van der Waals surface area contributed by atoms with Crippen molar-refractivity contribution in [3.63, 3.8) is 0 Å². The second-order valence-electron chi connectivity index (χ2n) is 3.89. The summed E-state index contributed by atoms with van der Waals surface area (Å²) in [4.78, 5) is 23.2. The molecule has 0 unspecified atom stereocenters. The standard InChI is InChI=1S/C12H17N3O4/c1-2-14(7-8-16)12(17)13-9-10-3-5-11(6-4-10)15(18)19/h3-6,16H,2,7-9H2,1H3,(H,13,17). The maximum Gasteiger partial charge on any atom is 0.317 e. The van der Waals surface area contributed by atoms with E-state index in [0.29, 0.717) is 13.1 Å². The normalized spacial score (nSPS) is 10.0. The number of rotatable bonds is 6. The van der Waals surface area contributed by atoms with Crippen molar-refractivity contribution in [1.82, 2.24) is 10.2 Å². The van der Waals surface area contributed by atoms with E-state index < -0.39 is 4.92 Å². The van der Waals surface area contributed by atoms with Gasteiger partial charge >= 0.3 is 6.03 Å². The number of amides is 2. The van der Waals surface area contributed by atoms with Gasteiger partial charge in [-0.3, -0.25) is 10.1 Å². The lowest BCUT2D eigenvalue weighted by molar-refractivity contribution is -0.384. The lowest BCUT2D eigenvalue weighted by atomic mass is 10.2. The van der Waals surface area contributed by atoms with Gasteiger partial charge in [-0.05, 0) is 12.5 Å². The molecule has 104 valence electrons. The number of nitrogens with zero attached hydrogens (tertiary/aromatic N) is 2. The number of likely N-dealkylation sites (N-methyl/N-ethyl adjacent to an activating group) is 1. The van der Waals surface area contributed by atoms with Crippen LogP contribution in [0.4, 0.5) is 10.5 Å². The maximum atomic E-state index is 11.7. The fraction of sp³-hybridized carbons (Fsp3) is 0.417. The Morgan fingerprint density at radius 1 is 1.42 bits per heavy atom. The molecule has 0 saturated carbocycles.